The Labute approximate surface area is 209 Å². The highest BCUT2D eigenvalue weighted by molar-refractivity contribution is 6.06. The summed E-state index contributed by atoms with van der Waals surface area (Å²) in [6.45, 7) is 5.28. The zero-order chi connectivity index (χ0) is 25.2. The highest BCUT2D eigenvalue weighted by Crippen LogP contribution is 2.34. The van der Waals surface area contributed by atoms with Gasteiger partial charge in [0.25, 0.3) is 0 Å². The van der Waals surface area contributed by atoms with Gasteiger partial charge in [-0.2, -0.15) is 5.10 Å². The number of phenols is 1. The average Bonchev–Trinajstić information content (AvgIpc) is 3.55. The molecule has 0 amide bonds. The van der Waals surface area contributed by atoms with E-state index in [9.17, 15) is 5.11 Å². The van der Waals surface area contributed by atoms with Crippen LogP contribution >= 0.6 is 0 Å². The number of pyridine rings is 1. The van der Waals surface area contributed by atoms with Crippen molar-refractivity contribution in [3.8, 4) is 22.8 Å². The van der Waals surface area contributed by atoms with Gasteiger partial charge in [0.05, 0.1) is 48.4 Å². The van der Waals surface area contributed by atoms with E-state index >= 15 is 0 Å². The summed E-state index contributed by atoms with van der Waals surface area (Å²) in [6, 6.07) is 11.3. The van der Waals surface area contributed by atoms with Gasteiger partial charge in [-0.1, -0.05) is 6.92 Å². The number of amidine groups is 1. The fourth-order valence-electron chi connectivity index (χ4n) is 4.46. The predicted octanol–water partition coefficient (Wildman–Crippen LogP) is 4.22. The molecule has 1 atom stereocenters. The Balaban J connectivity index is 1.64. The molecule has 1 aromatic carbocycles. The Morgan fingerprint density at radius 1 is 1.31 bits per heavy atom. The Morgan fingerprint density at radius 2 is 2.17 bits per heavy atom. The summed E-state index contributed by atoms with van der Waals surface area (Å²) in [7, 11) is 1.62. The fraction of sp³-hybridized carbons (Fsp3) is 0.296. The molecule has 0 unspecified atom stereocenters. The second-order valence-corrected chi connectivity index (χ2v) is 8.87. The lowest BCUT2D eigenvalue weighted by Crippen LogP contribution is -2.24. The van der Waals surface area contributed by atoms with Crippen molar-refractivity contribution in [2.24, 2.45) is 10.7 Å². The molecule has 0 spiro atoms. The standard InChI is InChI=1S/C27H30N6O3/c1-4-17-11-20(34)6-8-23(17)32-26(28)22-13-29-33-14-18(21-7-5-16(2)30-27(21)35-3)12-24(33)25(22)31-19-9-10-36-15-19/h5-8,11-14,19,31,34H,4,9-10,15H2,1-3H3,(H2,28,32)/t19-/m0/s1. The highest BCUT2D eigenvalue weighted by atomic mass is 16.5. The second-order valence-electron chi connectivity index (χ2n) is 8.87. The predicted molar refractivity (Wildman–Crippen MR) is 140 cm³/mol. The fourth-order valence-corrected chi connectivity index (χ4v) is 4.46. The maximum absolute atomic E-state index is 9.86. The molecule has 3 aromatic heterocycles. The first-order valence-corrected chi connectivity index (χ1v) is 12.0. The van der Waals surface area contributed by atoms with E-state index in [1.807, 2.05) is 36.7 Å². The molecule has 1 saturated heterocycles. The van der Waals surface area contributed by atoms with Crippen LogP contribution in [0.25, 0.3) is 16.6 Å². The minimum Gasteiger partial charge on any atom is -0.508 e. The van der Waals surface area contributed by atoms with Crippen molar-refractivity contribution in [3.05, 3.63) is 65.6 Å². The van der Waals surface area contributed by atoms with E-state index in [0.29, 0.717) is 30.5 Å². The minimum atomic E-state index is 0.150. The van der Waals surface area contributed by atoms with Crippen molar-refractivity contribution in [3.63, 3.8) is 0 Å². The number of aliphatic imine (C=N–C) groups is 1. The van der Waals surface area contributed by atoms with Gasteiger partial charge in [0.2, 0.25) is 5.88 Å². The number of rotatable bonds is 7. The van der Waals surface area contributed by atoms with Gasteiger partial charge in [-0.05, 0) is 61.7 Å². The molecule has 4 heterocycles. The van der Waals surface area contributed by atoms with Crippen LogP contribution < -0.4 is 15.8 Å². The van der Waals surface area contributed by atoms with Crippen LogP contribution in [0.15, 0.2) is 53.8 Å². The summed E-state index contributed by atoms with van der Waals surface area (Å²) in [6.07, 6.45) is 5.29. The first-order chi connectivity index (χ1) is 17.5. The molecule has 1 aliphatic heterocycles. The van der Waals surface area contributed by atoms with Gasteiger partial charge in [-0.15, -0.1) is 0 Å². The number of hydrogen-bond donors (Lipinski definition) is 3. The van der Waals surface area contributed by atoms with Gasteiger partial charge in [-0.3, -0.25) is 0 Å². The highest BCUT2D eigenvalue weighted by Gasteiger charge is 2.22. The number of ether oxygens (including phenoxy) is 2. The molecule has 9 nitrogen and oxygen atoms in total. The van der Waals surface area contributed by atoms with Crippen molar-refractivity contribution in [1.29, 1.82) is 0 Å². The van der Waals surface area contributed by atoms with Gasteiger partial charge >= 0.3 is 0 Å². The third kappa shape index (κ3) is 4.57. The SMILES string of the molecule is CCc1cc(O)ccc1/N=C(\N)c1cnn2cc(-c3ccc(C)nc3OC)cc2c1N[C@H]1CCOC1. The number of phenolic OH excluding ortho intramolecular Hbond substituents is 1. The summed E-state index contributed by atoms with van der Waals surface area (Å²) >= 11 is 0. The Kier molecular flexibility index (Phi) is 6.47. The first-order valence-electron chi connectivity index (χ1n) is 12.0. The number of nitrogens with zero attached hydrogens (tertiary/aromatic N) is 4. The number of aromatic hydroxyl groups is 1. The number of methoxy groups -OCH3 is 1. The van der Waals surface area contributed by atoms with E-state index in [2.05, 4.69) is 21.5 Å². The maximum atomic E-state index is 9.86. The van der Waals surface area contributed by atoms with Crippen LogP contribution in [0.1, 0.15) is 30.2 Å². The van der Waals surface area contributed by atoms with Gasteiger partial charge in [-0.25, -0.2) is 14.5 Å². The van der Waals surface area contributed by atoms with Gasteiger partial charge < -0.3 is 25.6 Å². The van der Waals surface area contributed by atoms with E-state index in [0.717, 1.165) is 52.1 Å². The van der Waals surface area contributed by atoms with E-state index in [1.165, 1.54) is 0 Å². The summed E-state index contributed by atoms with van der Waals surface area (Å²) in [5.74, 6) is 1.10. The van der Waals surface area contributed by atoms with Crippen molar-refractivity contribution in [2.45, 2.75) is 32.7 Å². The Hall–Kier alpha value is -4.11. The van der Waals surface area contributed by atoms with Gasteiger partial charge in [0, 0.05) is 29.6 Å². The van der Waals surface area contributed by atoms with E-state index in [-0.39, 0.29) is 11.8 Å². The quantitative estimate of drug-likeness (QED) is 0.264. The largest absolute Gasteiger partial charge is 0.508 e. The minimum absolute atomic E-state index is 0.150. The molecule has 1 fully saturated rings. The summed E-state index contributed by atoms with van der Waals surface area (Å²) in [5, 5.41) is 18.1. The van der Waals surface area contributed by atoms with Crippen LogP contribution in [0.2, 0.25) is 0 Å². The number of fused-ring (bicyclic) bond motifs is 1. The number of benzene rings is 1. The molecule has 1 aliphatic rings. The molecule has 0 aliphatic carbocycles. The molecule has 0 bridgehead atoms. The molecular weight excluding hydrogens is 456 g/mol. The molecule has 5 rings (SSSR count). The smallest absolute Gasteiger partial charge is 0.221 e. The van der Waals surface area contributed by atoms with Gasteiger partial charge in [0.15, 0.2) is 0 Å². The average molecular weight is 487 g/mol. The number of nitrogens with two attached hydrogens (primary N) is 1. The molecule has 4 aromatic rings. The molecular formula is C27H30N6O3. The third-order valence-corrected chi connectivity index (χ3v) is 6.38. The molecule has 0 saturated carbocycles. The third-order valence-electron chi connectivity index (χ3n) is 6.38. The molecule has 186 valence electrons. The Morgan fingerprint density at radius 3 is 2.92 bits per heavy atom. The molecule has 0 radical (unpaired) electrons. The van der Waals surface area contributed by atoms with Crippen molar-refractivity contribution < 1.29 is 14.6 Å². The lowest BCUT2D eigenvalue weighted by molar-refractivity contribution is 0.195. The van der Waals surface area contributed by atoms with Crippen LogP contribution in [-0.4, -0.2) is 51.9 Å². The van der Waals surface area contributed by atoms with E-state index in [4.69, 9.17) is 20.2 Å². The number of hydrogen-bond acceptors (Lipinski definition) is 7. The van der Waals surface area contributed by atoms with Crippen LogP contribution in [0.4, 0.5) is 11.4 Å². The Bertz CT molecular complexity index is 1440. The van der Waals surface area contributed by atoms with Crippen molar-refractivity contribution >= 4 is 22.7 Å². The zero-order valence-corrected chi connectivity index (χ0v) is 20.7. The summed E-state index contributed by atoms with van der Waals surface area (Å²) < 4.78 is 13.0. The summed E-state index contributed by atoms with van der Waals surface area (Å²) in [4.78, 5) is 9.24. The van der Waals surface area contributed by atoms with Crippen LogP contribution in [0, 0.1) is 6.92 Å². The topological polar surface area (TPSA) is 119 Å². The van der Waals surface area contributed by atoms with Crippen LogP contribution in [0.5, 0.6) is 11.6 Å². The van der Waals surface area contributed by atoms with Crippen molar-refractivity contribution in [2.75, 3.05) is 25.6 Å². The number of anilines is 1. The zero-order valence-electron chi connectivity index (χ0n) is 20.7. The van der Waals surface area contributed by atoms with Crippen LogP contribution in [0.3, 0.4) is 0 Å². The maximum Gasteiger partial charge on any atom is 0.221 e. The van der Waals surface area contributed by atoms with Crippen molar-refractivity contribution in [1.82, 2.24) is 14.6 Å². The number of aromatic nitrogens is 3. The normalized spacial score (nSPS) is 16.0. The first kappa shape index (κ1) is 23.6. The van der Waals surface area contributed by atoms with E-state index < -0.39 is 0 Å². The summed E-state index contributed by atoms with van der Waals surface area (Å²) in [5.41, 5.74) is 13.3. The van der Waals surface area contributed by atoms with Crippen LogP contribution in [-0.2, 0) is 11.2 Å². The number of aryl methyl sites for hydroxylation is 2. The molecule has 4 N–H and O–H groups in total. The monoisotopic (exact) mass is 486 g/mol. The lowest BCUT2D eigenvalue weighted by atomic mass is 10.1. The van der Waals surface area contributed by atoms with Gasteiger partial charge in [0.1, 0.15) is 11.6 Å². The lowest BCUT2D eigenvalue weighted by Gasteiger charge is -2.17. The molecule has 36 heavy (non-hydrogen) atoms. The molecule has 9 heteroatoms. The number of nitrogens with one attached hydrogen (secondary N) is 1. The second kappa shape index (κ2) is 9.87. The van der Waals surface area contributed by atoms with E-state index in [1.54, 1.807) is 31.5 Å².